The van der Waals surface area contributed by atoms with E-state index in [0.717, 1.165) is 10.0 Å². The van der Waals surface area contributed by atoms with Crippen LogP contribution in [-0.2, 0) is 0 Å². The van der Waals surface area contributed by atoms with E-state index in [1.807, 2.05) is 36.4 Å². The first-order valence-electron chi connectivity index (χ1n) is 5.10. The van der Waals surface area contributed by atoms with E-state index in [-0.39, 0.29) is 10.6 Å². The molecular weight excluding hydrogens is 282 g/mol. The molecule has 0 aliphatic heterocycles. The molecule has 0 N–H and O–H groups in total. The fraction of sp³-hybridized carbons (Fsp3) is 0.0769. The summed E-state index contributed by atoms with van der Waals surface area (Å²) in [5.41, 5.74) is 2.31. The molecule has 0 saturated heterocycles. The molecule has 0 heterocycles. The Bertz CT molecular complexity index is 567. The number of halogens is 1. The molecular formula is C13H10BrNO2. The van der Waals surface area contributed by atoms with Gasteiger partial charge in [-0.1, -0.05) is 46.3 Å². The second-order valence-corrected chi connectivity index (χ2v) is 4.55. The molecule has 86 valence electrons. The summed E-state index contributed by atoms with van der Waals surface area (Å²) in [5.74, 6) is 0. The third-order valence-corrected chi connectivity index (χ3v) is 3.49. The van der Waals surface area contributed by atoms with E-state index in [2.05, 4.69) is 15.9 Å². The number of benzene rings is 2. The van der Waals surface area contributed by atoms with Gasteiger partial charge in [-0.05, 0) is 24.6 Å². The maximum atomic E-state index is 11.2. The van der Waals surface area contributed by atoms with Gasteiger partial charge in [-0.25, -0.2) is 0 Å². The van der Waals surface area contributed by atoms with Crippen LogP contribution in [0.5, 0.6) is 0 Å². The summed E-state index contributed by atoms with van der Waals surface area (Å²) >= 11 is 3.32. The average molecular weight is 292 g/mol. The minimum absolute atomic E-state index is 0.158. The zero-order valence-corrected chi connectivity index (χ0v) is 10.8. The van der Waals surface area contributed by atoms with E-state index in [1.54, 1.807) is 13.0 Å². The van der Waals surface area contributed by atoms with Crippen molar-refractivity contribution >= 4 is 21.6 Å². The SMILES string of the molecule is Cc1c(Br)ccc(-c2ccccc2)c1[N+](=O)[O-]. The lowest BCUT2D eigenvalue weighted by atomic mass is 10.0. The number of hydrogen-bond donors (Lipinski definition) is 0. The molecule has 0 fully saturated rings. The van der Waals surface area contributed by atoms with Gasteiger partial charge in [0.1, 0.15) is 0 Å². The topological polar surface area (TPSA) is 43.1 Å². The van der Waals surface area contributed by atoms with Crippen molar-refractivity contribution in [2.24, 2.45) is 0 Å². The van der Waals surface area contributed by atoms with Crippen molar-refractivity contribution in [2.75, 3.05) is 0 Å². The van der Waals surface area contributed by atoms with Crippen molar-refractivity contribution in [3.8, 4) is 11.1 Å². The quantitative estimate of drug-likeness (QED) is 0.610. The molecule has 3 nitrogen and oxygen atoms in total. The van der Waals surface area contributed by atoms with Crippen LogP contribution < -0.4 is 0 Å². The van der Waals surface area contributed by atoms with E-state index in [0.29, 0.717) is 11.1 Å². The highest BCUT2D eigenvalue weighted by atomic mass is 79.9. The lowest BCUT2D eigenvalue weighted by Gasteiger charge is -2.07. The van der Waals surface area contributed by atoms with Crippen LogP contribution in [0.15, 0.2) is 46.9 Å². The Balaban J connectivity index is 2.71. The minimum atomic E-state index is -0.331. The molecule has 2 aromatic carbocycles. The molecule has 0 aliphatic rings. The van der Waals surface area contributed by atoms with Gasteiger partial charge in [-0.2, -0.15) is 0 Å². The first kappa shape index (κ1) is 11.8. The third-order valence-electron chi connectivity index (χ3n) is 2.63. The molecule has 17 heavy (non-hydrogen) atoms. The Hall–Kier alpha value is -1.68. The first-order chi connectivity index (χ1) is 8.11. The molecule has 0 spiro atoms. The number of nitro groups is 1. The van der Waals surface area contributed by atoms with Gasteiger partial charge < -0.3 is 0 Å². The summed E-state index contributed by atoms with van der Waals surface area (Å²) < 4.78 is 0.754. The van der Waals surface area contributed by atoms with Crippen LogP contribution in [0.2, 0.25) is 0 Å². The van der Waals surface area contributed by atoms with Crippen molar-refractivity contribution in [2.45, 2.75) is 6.92 Å². The normalized spacial score (nSPS) is 10.2. The molecule has 2 rings (SSSR count). The highest BCUT2D eigenvalue weighted by Crippen LogP contribution is 2.36. The van der Waals surface area contributed by atoms with E-state index in [1.165, 1.54) is 0 Å². The molecule has 0 bridgehead atoms. The number of rotatable bonds is 2. The average Bonchev–Trinajstić information content (AvgIpc) is 2.33. The Kier molecular flexibility index (Phi) is 3.24. The minimum Gasteiger partial charge on any atom is -0.258 e. The van der Waals surface area contributed by atoms with E-state index < -0.39 is 0 Å². The molecule has 0 aliphatic carbocycles. The largest absolute Gasteiger partial charge is 0.281 e. The first-order valence-corrected chi connectivity index (χ1v) is 5.89. The van der Waals surface area contributed by atoms with Gasteiger partial charge in [0, 0.05) is 10.0 Å². The van der Waals surface area contributed by atoms with E-state index in [9.17, 15) is 10.1 Å². The van der Waals surface area contributed by atoms with Gasteiger partial charge in [-0.3, -0.25) is 10.1 Å². The summed E-state index contributed by atoms with van der Waals surface area (Å²) in [6.45, 7) is 1.74. The molecule has 0 aromatic heterocycles. The highest BCUT2D eigenvalue weighted by Gasteiger charge is 2.20. The zero-order valence-electron chi connectivity index (χ0n) is 9.18. The Labute approximate surface area is 107 Å². The predicted octanol–water partition coefficient (Wildman–Crippen LogP) is 4.33. The summed E-state index contributed by atoms with van der Waals surface area (Å²) in [6.07, 6.45) is 0. The number of hydrogen-bond acceptors (Lipinski definition) is 2. The van der Waals surface area contributed by atoms with Crippen LogP contribution in [0.3, 0.4) is 0 Å². The van der Waals surface area contributed by atoms with Crippen molar-refractivity contribution in [1.82, 2.24) is 0 Å². The summed E-state index contributed by atoms with van der Waals surface area (Å²) in [7, 11) is 0. The number of nitrogens with zero attached hydrogens (tertiary/aromatic N) is 1. The van der Waals surface area contributed by atoms with Crippen LogP contribution in [0, 0.1) is 17.0 Å². The highest BCUT2D eigenvalue weighted by molar-refractivity contribution is 9.10. The number of nitro benzene ring substituents is 1. The third kappa shape index (κ3) is 2.22. The van der Waals surface area contributed by atoms with Gasteiger partial charge in [0.05, 0.1) is 10.5 Å². The van der Waals surface area contributed by atoms with Gasteiger partial charge in [0.25, 0.3) is 5.69 Å². The molecule has 4 heteroatoms. The summed E-state index contributed by atoms with van der Waals surface area (Å²) in [5, 5.41) is 11.2. The smallest absolute Gasteiger partial charge is 0.258 e. The second-order valence-electron chi connectivity index (χ2n) is 3.69. The molecule has 0 atom stereocenters. The van der Waals surface area contributed by atoms with E-state index >= 15 is 0 Å². The van der Waals surface area contributed by atoms with Crippen molar-refractivity contribution in [1.29, 1.82) is 0 Å². The van der Waals surface area contributed by atoms with Crippen molar-refractivity contribution in [3.63, 3.8) is 0 Å². The fourth-order valence-electron chi connectivity index (χ4n) is 1.76. The lowest BCUT2D eigenvalue weighted by molar-refractivity contribution is -0.384. The molecule has 0 radical (unpaired) electrons. The molecule has 0 saturated carbocycles. The summed E-state index contributed by atoms with van der Waals surface area (Å²) in [4.78, 5) is 10.8. The van der Waals surface area contributed by atoms with Crippen LogP contribution in [0.1, 0.15) is 5.56 Å². The van der Waals surface area contributed by atoms with E-state index in [4.69, 9.17) is 0 Å². The molecule has 2 aromatic rings. The Morgan fingerprint density at radius 3 is 2.35 bits per heavy atom. The predicted molar refractivity (Wildman–Crippen MR) is 71.0 cm³/mol. The van der Waals surface area contributed by atoms with Crippen LogP contribution >= 0.6 is 15.9 Å². The second kappa shape index (κ2) is 4.67. The lowest BCUT2D eigenvalue weighted by Crippen LogP contribution is -1.96. The van der Waals surface area contributed by atoms with Crippen LogP contribution in [0.25, 0.3) is 11.1 Å². The van der Waals surface area contributed by atoms with Gasteiger partial charge >= 0.3 is 0 Å². The van der Waals surface area contributed by atoms with Crippen LogP contribution in [-0.4, -0.2) is 4.92 Å². The molecule has 0 amide bonds. The van der Waals surface area contributed by atoms with Gasteiger partial charge in [-0.15, -0.1) is 0 Å². The summed E-state index contributed by atoms with van der Waals surface area (Å²) in [6, 6.07) is 13.0. The monoisotopic (exact) mass is 291 g/mol. The van der Waals surface area contributed by atoms with Crippen molar-refractivity contribution < 1.29 is 4.92 Å². The van der Waals surface area contributed by atoms with Gasteiger partial charge in [0.15, 0.2) is 0 Å². The van der Waals surface area contributed by atoms with Crippen LogP contribution in [0.4, 0.5) is 5.69 Å². The Morgan fingerprint density at radius 1 is 1.12 bits per heavy atom. The van der Waals surface area contributed by atoms with Gasteiger partial charge in [0.2, 0.25) is 0 Å². The maximum absolute atomic E-state index is 11.2. The zero-order chi connectivity index (χ0) is 12.4. The van der Waals surface area contributed by atoms with Crippen molar-refractivity contribution in [3.05, 3.63) is 62.6 Å². The fourth-order valence-corrected chi connectivity index (χ4v) is 2.08. The maximum Gasteiger partial charge on any atom is 0.281 e. The standard InChI is InChI=1S/C13H10BrNO2/c1-9-12(14)8-7-11(13(9)15(16)17)10-5-3-2-4-6-10/h2-8H,1H3. The Morgan fingerprint density at radius 2 is 1.76 bits per heavy atom. The molecule has 0 unspecified atom stereocenters.